The normalized spacial score (nSPS) is 20.9. The molecule has 1 aliphatic heterocycles. The SMILES string of the molecule is CS(=O)(=O)c1ccc(CC2CCCNC2)cc1Br. The van der Waals surface area contributed by atoms with Crippen LogP contribution in [0.15, 0.2) is 27.6 Å². The van der Waals surface area contributed by atoms with E-state index in [0.29, 0.717) is 15.3 Å². The van der Waals surface area contributed by atoms with Crippen LogP contribution < -0.4 is 5.32 Å². The molecule has 1 N–H and O–H groups in total. The van der Waals surface area contributed by atoms with E-state index in [0.717, 1.165) is 19.5 Å². The second-order valence-electron chi connectivity index (χ2n) is 4.95. The van der Waals surface area contributed by atoms with E-state index in [2.05, 4.69) is 21.2 Å². The maximum absolute atomic E-state index is 11.5. The molecule has 1 aliphatic rings. The van der Waals surface area contributed by atoms with Gasteiger partial charge in [0.05, 0.1) is 4.90 Å². The molecule has 100 valence electrons. The Hall–Kier alpha value is -0.390. The van der Waals surface area contributed by atoms with Gasteiger partial charge < -0.3 is 5.32 Å². The van der Waals surface area contributed by atoms with E-state index in [9.17, 15) is 8.42 Å². The number of piperidine rings is 1. The summed E-state index contributed by atoms with van der Waals surface area (Å²) in [5, 5.41) is 3.40. The highest BCUT2D eigenvalue weighted by atomic mass is 79.9. The van der Waals surface area contributed by atoms with Gasteiger partial charge >= 0.3 is 0 Å². The monoisotopic (exact) mass is 331 g/mol. The first-order chi connectivity index (χ1) is 8.47. The summed E-state index contributed by atoms with van der Waals surface area (Å²) >= 11 is 3.35. The number of benzene rings is 1. The van der Waals surface area contributed by atoms with Gasteiger partial charge in [-0.1, -0.05) is 6.07 Å². The number of hydrogen-bond donors (Lipinski definition) is 1. The van der Waals surface area contributed by atoms with Crippen LogP contribution in [-0.4, -0.2) is 27.8 Å². The average Bonchev–Trinajstić information content (AvgIpc) is 2.28. The third kappa shape index (κ3) is 3.56. The third-order valence-electron chi connectivity index (χ3n) is 3.32. The van der Waals surface area contributed by atoms with Crippen molar-refractivity contribution < 1.29 is 8.42 Å². The topological polar surface area (TPSA) is 46.2 Å². The Morgan fingerprint density at radius 2 is 2.22 bits per heavy atom. The molecular weight excluding hydrogens is 314 g/mol. The third-order valence-corrected chi connectivity index (χ3v) is 5.39. The van der Waals surface area contributed by atoms with Gasteiger partial charge in [-0.2, -0.15) is 0 Å². The van der Waals surface area contributed by atoms with Crippen LogP contribution in [0.25, 0.3) is 0 Å². The molecule has 0 saturated carbocycles. The molecule has 2 rings (SSSR count). The number of sulfone groups is 1. The van der Waals surface area contributed by atoms with Crippen molar-refractivity contribution in [3.8, 4) is 0 Å². The van der Waals surface area contributed by atoms with Gasteiger partial charge in [-0.05, 0) is 71.9 Å². The van der Waals surface area contributed by atoms with Crippen LogP contribution in [0.3, 0.4) is 0 Å². The Morgan fingerprint density at radius 1 is 1.44 bits per heavy atom. The minimum atomic E-state index is -3.14. The van der Waals surface area contributed by atoms with E-state index in [4.69, 9.17) is 0 Å². The van der Waals surface area contributed by atoms with Crippen LogP contribution in [-0.2, 0) is 16.3 Å². The molecule has 1 saturated heterocycles. The van der Waals surface area contributed by atoms with E-state index in [1.165, 1.54) is 24.7 Å². The van der Waals surface area contributed by atoms with Crippen LogP contribution in [0.1, 0.15) is 18.4 Å². The molecule has 3 nitrogen and oxygen atoms in total. The molecule has 1 atom stereocenters. The summed E-state index contributed by atoms with van der Waals surface area (Å²) < 4.78 is 23.7. The second kappa shape index (κ2) is 5.72. The summed E-state index contributed by atoms with van der Waals surface area (Å²) in [6.45, 7) is 2.18. The zero-order valence-electron chi connectivity index (χ0n) is 10.4. The molecule has 0 bridgehead atoms. The van der Waals surface area contributed by atoms with Crippen LogP contribution in [0.2, 0.25) is 0 Å². The average molecular weight is 332 g/mol. The minimum absolute atomic E-state index is 0.369. The molecule has 5 heteroatoms. The van der Waals surface area contributed by atoms with Crippen LogP contribution in [0.5, 0.6) is 0 Å². The van der Waals surface area contributed by atoms with Crippen molar-refractivity contribution in [3.63, 3.8) is 0 Å². The summed E-state index contributed by atoms with van der Waals surface area (Å²) in [5.41, 5.74) is 1.20. The lowest BCUT2D eigenvalue weighted by Gasteiger charge is -2.22. The lowest BCUT2D eigenvalue weighted by atomic mass is 9.92. The Balaban J connectivity index is 2.13. The highest BCUT2D eigenvalue weighted by molar-refractivity contribution is 9.10. The summed E-state index contributed by atoms with van der Waals surface area (Å²) in [6.07, 6.45) is 4.72. The fourth-order valence-electron chi connectivity index (χ4n) is 2.40. The van der Waals surface area contributed by atoms with Gasteiger partial charge in [0.25, 0.3) is 0 Å². The highest BCUT2D eigenvalue weighted by Crippen LogP contribution is 2.25. The van der Waals surface area contributed by atoms with Crippen molar-refractivity contribution in [2.24, 2.45) is 5.92 Å². The van der Waals surface area contributed by atoms with Gasteiger partial charge in [0.2, 0.25) is 0 Å². The molecule has 1 unspecified atom stereocenters. The fourth-order valence-corrected chi connectivity index (χ4v) is 4.44. The van der Waals surface area contributed by atoms with Gasteiger partial charge in [0.15, 0.2) is 9.84 Å². The minimum Gasteiger partial charge on any atom is -0.316 e. The van der Waals surface area contributed by atoms with Crippen molar-refractivity contribution >= 4 is 25.8 Å². The fraction of sp³-hybridized carbons (Fsp3) is 0.538. The van der Waals surface area contributed by atoms with E-state index in [-0.39, 0.29) is 0 Å². The van der Waals surface area contributed by atoms with E-state index in [1.54, 1.807) is 6.07 Å². The van der Waals surface area contributed by atoms with Crippen LogP contribution in [0.4, 0.5) is 0 Å². The van der Waals surface area contributed by atoms with Crippen molar-refractivity contribution in [3.05, 3.63) is 28.2 Å². The Bertz CT molecular complexity index is 522. The molecule has 1 aromatic carbocycles. The van der Waals surface area contributed by atoms with Gasteiger partial charge in [-0.15, -0.1) is 0 Å². The molecule has 1 heterocycles. The molecule has 0 spiro atoms. The molecule has 0 aromatic heterocycles. The van der Waals surface area contributed by atoms with Gasteiger partial charge in [-0.3, -0.25) is 0 Å². The standard InChI is InChI=1S/C13H18BrNO2S/c1-18(16,17)13-5-4-10(8-12(13)14)7-11-3-2-6-15-9-11/h4-5,8,11,15H,2-3,6-7,9H2,1H3. The molecule has 0 aliphatic carbocycles. The second-order valence-corrected chi connectivity index (χ2v) is 7.79. The molecule has 1 aromatic rings. The van der Waals surface area contributed by atoms with Crippen molar-refractivity contribution in [1.82, 2.24) is 5.32 Å². The van der Waals surface area contributed by atoms with Gasteiger partial charge in [-0.25, -0.2) is 8.42 Å². The lowest BCUT2D eigenvalue weighted by Crippen LogP contribution is -2.30. The molecule has 18 heavy (non-hydrogen) atoms. The predicted octanol–water partition coefficient (Wildman–Crippen LogP) is 2.39. The zero-order chi connectivity index (χ0) is 13.2. The smallest absolute Gasteiger partial charge is 0.176 e. The molecule has 1 fully saturated rings. The first-order valence-corrected chi connectivity index (χ1v) is 8.84. The quantitative estimate of drug-likeness (QED) is 0.925. The van der Waals surface area contributed by atoms with Crippen LogP contribution in [0, 0.1) is 5.92 Å². The van der Waals surface area contributed by atoms with Gasteiger partial charge in [0.1, 0.15) is 0 Å². The van der Waals surface area contributed by atoms with Crippen molar-refractivity contribution in [2.75, 3.05) is 19.3 Å². The Morgan fingerprint density at radius 3 is 2.78 bits per heavy atom. The summed E-state index contributed by atoms with van der Waals surface area (Å²) in [5.74, 6) is 0.662. The largest absolute Gasteiger partial charge is 0.316 e. The zero-order valence-corrected chi connectivity index (χ0v) is 12.9. The molecule has 0 radical (unpaired) electrons. The maximum Gasteiger partial charge on any atom is 0.176 e. The first kappa shape index (κ1) is 14.0. The number of hydrogen-bond acceptors (Lipinski definition) is 3. The maximum atomic E-state index is 11.5. The first-order valence-electron chi connectivity index (χ1n) is 6.16. The number of nitrogens with one attached hydrogen (secondary N) is 1. The molecule has 0 amide bonds. The van der Waals surface area contributed by atoms with E-state index >= 15 is 0 Å². The Labute approximate surface area is 117 Å². The molecular formula is C13H18BrNO2S. The van der Waals surface area contributed by atoms with Gasteiger partial charge in [0, 0.05) is 10.7 Å². The van der Waals surface area contributed by atoms with Crippen LogP contribution >= 0.6 is 15.9 Å². The van der Waals surface area contributed by atoms with E-state index in [1.807, 2.05) is 12.1 Å². The summed E-state index contributed by atoms with van der Waals surface area (Å²) in [4.78, 5) is 0.369. The van der Waals surface area contributed by atoms with E-state index < -0.39 is 9.84 Å². The Kier molecular flexibility index (Phi) is 4.45. The summed E-state index contributed by atoms with van der Waals surface area (Å²) in [7, 11) is -3.14. The predicted molar refractivity (Wildman–Crippen MR) is 76.5 cm³/mol. The highest BCUT2D eigenvalue weighted by Gasteiger charge is 2.16. The number of rotatable bonds is 3. The van der Waals surface area contributed by atoms with Crippen molar-refractivity contribution in [1.29, 1.82) is 0 Å². The summed E-state index contributed by atoms with van der Waals surface area (Å²) in [6, 6.07) is 5.56. The lowest BCUT2D eigenvalue weighted by molar-refractivity contribution is 0.376. The number of halogens is 1. The van der Waals surface area contributed by atoms with Crippen molar-refractivity contribution in [2.45, 2.75) is 24.2 Å².